The molecule has 0 radical (unpaired) electrons. The van der Waals surface area contributed by atoms with Crippen LogP contribution in [0.15, 0.2) is 0 Å². The number of hydrogen-bond acceptors (Lipinski definition) is 3. The Bertz CT molecular complexity index is 242. The molecule has 3 fully saturated rings. The molecule has 3 heteroatoms. The molecule has 0 spiro atoms. The van der Waals surface area contributed by atoms with Gasteiger partial charge in [0.15, 0.2) is 0 Å². The molecule has 3 rings (SSSR count). The Morgan fingerprint density at radius 2 is 1.94 bits per heavy atom. The molecule has 1 N–H and O–H groups in total. The zero-order valence-electron chi connectivity index (χ0n) is 10.3. The van der Waals surface area contributed by atoms with Gasteiger partial charge in [-0.05, 0) is 44.8 Å². The molecule has 2 aliphatic carbocycles. The van der Waals surface area contributed by atoms with E-state index in [9.17, 15) is 0 Å². The van der Waals surface area contributed by atoms with E-state index >= 15 is 0 Å². The Labute approximate surface area is 104 Å². The molecule has 1 aliphatic heterocycles. The van der Waals surface area contributed by atoms with Crippen molar-refractivity contribution in [3.05, 3.63) is 0 Å². The lowest BCUT2D eigenvalue weighted by Gasteiger charge is -2.24. The number of nitrogens with one attached hydrogen (secondary N) is 1. The van der Waals surface area contributed by atoms with Crippen LogP contribution >= 0.6 is 11.8 Å². The van der Waals surface area contributed by atoms with Gasteiger partial charge >= 0.3 is 0 Å². The van der Waals surface area contributed by atoms with Crippen molar-refractivity contribution in [2.45, 2.75) is 61.9 Å². The fraction of sp³-hybridized carbons (Fsp3) is 1.00. The molecular weight excluding hydrogens is 216 g/mol. The normalized spacial score (nSPS) is 40.7. The van der Waals surface area contributed by atoms with E-state index in [-0.39, 0.29) is 0 Å². The molecule has 1 heterocycles. The lowest BCUT2D eigenvalue weighted by Crippen LogP contribution is -2.37. The SMILES string of the molecule is CSC1CCC(N2CCC(NC3CC3)C2)C1. The molecule has 3 atom stereocenters. The smallest absolute Gasteiger partial charge is 0.0209 e. The highest BCUT2D eigenvalue weighted by atomic mass is 32.2. The monoisotopic (exact) mass is 240 g/mol. The van der Waals surface area contributed by atoms with Gasteiger partial charge in [0.1, 0.15) is 0 Å². The summed E-state index contributed by atoms with van der Waals surface area (Å²) in [6, 6.07) is 2.59. The quantitative estimate of drug-likeness (QED) is 0.810. The van der Waals surface area contributed by atoms with Gasteiger partial charge in [-0.3, -0.25) is 4.90 Å². The van der Waals surface area contributed by atoms with Gasteiger partial charge in [-0.25, -0.2) is 0 Å². The van der Waals surface area contributed by atoms with E-state index in [0.717, 1.165) is 23.4 Å². The molecule has 0 amide bonds. The van der Waals surface area contributed by atoms with Gasteiger partial charge in [0.05, 0.1) is 0 Å². The van der Waals surface area contributed by atoms with Crippen LogP contribution < -0.4 is 5.32 Å². The zero-order valence-corrected chi connectivity index (χ0v) is 11.1. The summed E-state index contributed by atoms with van der Waals surface area (Å²) in [6.07, 6.45) is 10.8. The summed E-state index contributed by atoms with van der Waals surface area (Å²) in [5, 5.41) is 4.73. The second kappa shape index (κ2) is 4.87. The summed E-state index contributed by atoms with van der Waals surface area (Å²) < 4.78 is 0. The van der Waals surface area contributed by atoms with Gasteiger partial charge < -0.3 is 5.32 Å². The van der Waals surface area contributed by atoms with E-state index < -0.39 is 0 Å². The van der Waals surface area contributed by atoms with Crippen LogP contribution in [0.25, 0.3) is 0 Å². The first-order valence-electron chi connectivity index (χ1n) is 6.88. The second-order valence-electron chi connectivity index (χ2n) is 5.75. The third kappa shape index (κ3) is 2.57. The maximum Gasteiger partial charge on any atom is 0.0209 e. The maximum atomic E-state index is 3.78. The first-order valence-corrected chi connectivity index (χ1v) is 8.17. The van der Waals surface area contributed by atoms with Crippen molar-refractivity contribution in [2.75, 3.05) is 19.3 Å². The number of rotatable bonds is 4. The number of likely N-dealkylation sites (tertiary alicyclic amines) is 1. The number of nitrogens with zero attached hydrogens (tertiary/aromatic N) is 1. The Balaban J connectivity index is 1.45. The van der Waals surface area contributed by atoms with Crippen LogP contribution in [-0.2, 0) is 0 Å². The lowest BCUT2D eigenvalue weighted by molar-refractivity contribution is 0.240. The minimum atomic E-state index is 0.806. The third-order valence-electron chi connectivity index (χ3n) is 4.47. The van der Waals surface area contributed by atoms with E-state index in [4.69, 9.17) is 0 Å². The van der Waals surface area contributed by atoms with Crippen molar-refractivity contribution in [1.82, 2.24) is 10.2 Å². The van der Waals surface area contributed by atoms with Crippen molar-refractivity contribution < 1.29 is 0 Å². The van der Waals surface area contributed by atoms with Gasteiger partial charge in [-0.2, -0.15) is 11.8 Å². The van der Waals surface area contributed by atoms with Crippen LogP contribution in [0, 0.1) is 0 Å². The Morgan fingerprint density at radius 1 is 1.06 bits per heavy atom. The highest BCUT2D eigenvalue weighted by molar-refractivity contribution is 7.99. The Kier molecular flexibility index (Phi) is 3.46. The fourth-order valence-corrected chi connectivity index (χ4v) is 4.09. The van der Waals surface area contributed by atoms with Crippen LogP contribution in [0.5, 0.6) is 0 Å². The van der Waals surface area contributed by atoms with Gasteiger partial charge in [0, 0.05) is 36.5 Å². The van der Waals surface area contributed by atoms with Crippen molar-refractivity contribution in [2.24, 2.45) is 0 Å². The summed E-state index contributed by atoms with van der Waals surface area (Å²) in [4.78, 5) is 2.76. The highest BCUT2D eigenvalue weighted by Crippen LogP contribution is 2.33. The summed E-state index contributed by atoms with van der Waals surface area (Å²) in [6.45, 7) is 2.67. The summed E-state index contributed by atoms with van der Waals surface area (Å²) in [5.41, 5.74) is 0. The molecule has 2 saturated carbocycles. The van der Waals surface area contributed by atoms with Crippen LogP contribution in [0.3, 0.4) is 0 Å². The van der Waals surface area contributed by atoms with Crippen LogP contribution in [-0.4, -0.2) is 47.6 Å². The second-order valence-corrected chi connectivity index (χ2v) is 6.88. The first-order chi connectivity index (χ1) is 7.85. The molecule has 16 heavy (non-hydrogen) atoms. The Hall–Kier alpha value is 0.270. The first kappa shape index (κ1) is 11.4. The summed E-state index contributed by atoms with van der Waals surface area (Å²) >= 11 is 2.07. The third-order valence-corrected chi connectivity index (χ3v) is 5.57. The van der Waals surface area contributed by atoms with Crippen LogP contribution in [0.1, 0.15) is 38.5 Å². The minimum Gasteiger partial charge on any atom is -0.310 e. The summed E-state index contributed by atoms with van der Waals surface area (Å²) in [5.74, 6) is 0. The lowest BCUT2D eigenvalue weighted by atomic mass is 10.2. The van der Waals surface area contributed by atoms with Gasteiger partial charge in [-0.15, -0.1) is 0 Å². The van der Waals surface area contributed by atoms with E-state index in [1.54, 1.807) is 0 Å². The average molecular weight is 240 g/mol. The highest BCUT2D eigenvalue weighted by Gasteiger charge is 2.35. The molecule has 92 valence electrons. The van der Waals surface area contributed by atoms with Crippen molar-refractivity contribution >= 4 is 11.8 Å². The van der Waals surface area contributed by atoms with Crippen LogP contribution in [0.2, 0.25) is 0 Å². The van der Waals surface area contributed by atoms with E-state index in [1.807, 2.05) is 0 Å². The predicted molar refractivity (Wildman–Crippen MR) is 71.1 cm³/mol. The van der Waals surface area contributed by atoms with Crippen LogP contribution in [0.4, 0.5) is 0 Å². The van der Waals surface area contributed by atoms with Crippen molar-refractivity contribution in [1.29, 1.82) is 0 Å². The topological polar surface area (TPSA) is 15.3 Å². The van der Waals surface area contributed by atoms with Crippen molar-refractivity contribution in [3.63, 3.8) is 0 Å². The molecule has 0 aromatic carbocycles. The number of thioether (sulfide) groups is 1. The molecule has 0 bridgehead atoms. The van der Waals surface area contributed by atoms with Gasteiger partial charge in [0.25, 0.3) is 0 Å². The minimum absolute atomic E-state index is 0.806. The largest absolute Gasteiger partial charge is 0.310 e. The molecular formula is C13H24N2S. The maximum absolute atomic E-state index is 3.78. The van der Waals surface area contributed by atoms with E-state index in [1.165, 1.54) is 51.6 Å². The zero-order chi connectivity index (χ0) is 11.0. The molecule has 1 saturated heterocycles. The average Bonchev–Trinajstić information content (AvgIpc) is 2.83. The predicted octanol–water partition coefficient (Wildman–Crippen LogP) is 2.10. The van der Waals surface area contributed by atoms with Gasteiger partial charge in [0.2, 0.25) is 0 Å². The molecule has 3 aliphatic rings. The van der Waals surface area contributed by atoms with Crippen molar-refractivity contribution in [3.8, 4) is 0 Å². The number of hydrogen-bond donors (Lipinski definition) is 1. The van der Waals surface area contributed by atoms with Gasteiger partial charge in [-0.1, -0.05) is 0 Å². The molecule has 2 nitrogen and oxygen atoms in total. The molecule has 0 aromatic heterocycles. The van der Waals surface area contributed by atoms with E-state index in [2.05, 4.69) is 28.2 Å². The molecule has 0 aromatic rings. The summed E-state index contributed by atoms with van der Waals surface area (Å²) in [7, 11) is 0. The Morgan fingerprint density at radius 3 is 2.62 bits per heavy atom. The fourth-order valence-electron chi connectivity index (χ4n) is 3.30. The molecule has 3 unspecified atom stereocenters. The standard InChI is InChI=1S/C13H24N2S/c1-16-13-5-4-12(8-13)15-7-6-11(9-15)14-10-2-3-10/h10-14H,2-9H2,1H3. The van der Waals surface area contributed by atoms with E-state index in [0.29, 0.717) is 0 Å².